The fourth-order valence-corrected chi connectivity index (χ4v) is 5.75. The third-order valence-corrected chi connectivity index (χ3v) is 7.37. The lowest BCUT2D eigenvalue weighted by Gasteiger charge is -2.38. The average molecular weight is 385 g/mol. The minimum atomic E-state index is 0.795. The number of thiophene rings is 1. The number of fused-ring (bicyclic) bond motifs is 2. The summed E-state index contributed by atoms with van der Waals surface area (Å²) in [5.74, 6) is 2.86. The topological polar surface area (TPSA) is 24.9 Å². The largest absolute Gasteiger partial charge is 0.495 e. The van der Waals surface area contributed by atoms with Gasteiger partial charge in [0, 0.05) is 55.7 Å². The molecule has 2 aliphatic heterocycles. The molecule has 0 N–H and O–H groups in total. The summed E-state index contributed by atoms with van der Waals surface area (Å²) in [6, 6.07) is 6.70. The van der Waals surface area contributed by atoms with Crippen molar-refractivity contribution in [3.63, 3.8) is 0 Å². The van der Waals surface area contributed by atoms with E-state index in [0.717, 1.165) is 56.6 Å². The Kier molecular flexibility index (Phi) is 4.74. The molecule has 5 rings (SSSR count). The number of aryl methyl sites for hydroxylation is 1. The van der Waals surface area contributed by atoms with Crippen molar-refractivity contribution in [2.24, 2.45) is 5.92 Å². The second kappa shape index (κ2) is 7.36. The van der Waals surface area contributed by atoms with E-state index >= 15 is 0 Å². The number of rotatable bonds is 4. The first kappa shape index (κ1) is 17.4. The van der Waals surface area contributed by atoms with Crippen LogP contribution in [0.4, 0.5) is 5.69 Å². The van der Waals surface area contributed by atoms with Crippen molar-refractivity contribution in [3.05, 3.63) is 39.6 Å². The summed E-state index contributed by atoms with van der Waals surface area (Å²) in [7, 11) is 1.78. The molecular weight excluding hydrogens is 356 g/mol. The van der Waals surface area contributed by atoms with E-state index in [1.165, 1.54) is 37.1 Å². The summed E-state index contributed by atoms with van der Waals surface area (Å²) in [4.78, 5) is 6.76. The van der Waals surface area contributed by atoms with Crippen molar-refractivity contribution in [3.8, 4) is 11.5 Å². The molecular formula is C22H28N2O2S. The molecule has 0 spiro atoms. The molecule has 1 atom stereocenters. The van der Waals surface area contributed by atoms with Gasteiger partial charge in [0.2, 0.25) is 0 Å². The van der Waals surface area contributed by atoms with E-state index in [1.807, 2.05) is 11.3 Å². The molecule has 3 heterocycles. The highest BCUT2D eigenvalue weighted by Gasteiger charge is 2.26. The highest BCUT2D eigenvalue weighted by Crippen LogP contribution is 2.38. The third kappa shape index (κ3) is 3.43. The molecule has 1 aromatic carbocycles. The Bertz CT molecular complexity index is 811. The van der Waals surface area contributed by atoms with Crippen LogP contribution in [0, 0.1) is 5.92 Å². The van der Waals surface area contributed by atoms with Crippen molar-refractivity contribution in [1.82, 2.24) is 4.90 Å². The Morgan fingerprint density at radius 1 is 1.15 bits per heavy atom. The standard InChI is InChI=1S/C22H28N2O2S/c1-25-21-13-17-4-10-26-20(17)14-19(21)24-8-6-23(7-9-24)15-16-2-3-22-18(12-16)5-11-27-22/h5,11,13-14,16H,2-4,6-10,12,15H2,1H3. The van der Waals surface area contributed by atoms with Crippen LogP contribution in [-0.4, -0.2) is 51.3 Å². The van der Waals surface area contributed by atoms with Gasteiger partial charge >= 0.3 is 0 Å². The number of piperazine rings is 1. The molecule has 0 saturated carbocycles. The van der Waals surface area contributed by atoms with Gasteiger partial charge in [-0.15, -0.1) is 11.3 Å². The van der Waals surface area contributed by atoms with Crippen molar-refractivity contribution < 1.29 is 9.47 Å². The Hall–Kier alpha value is -1.72. The van der Waals surface area contributed by atoms with Crippen LogP contribution in [-0.2, 0) is 19.3 Å². The molecule has 1 saturated heterocycles. The maximum absolute atomic E-state index is 5.78. The van der Waals surface area contributed by atoms with Gasteiger partial charge in [0.1, 0.15) is 11.5 Å². The fourth-order valence-electron chi connectivity index (χ4n) is 4.81. The highest BCUT2D eigenvalue weighted by molar-refractivity contribution is 7.10. The number of hydrogen-bond acceptors (Lipinski definition) is 5. The zero-order valence-corrected chi connectivity index (χ0v) is 16.9. The Morgan fingerprint density at radius 2 is 2.04 bits per heavy atom. The summed E-state index contributed by atoms with van der Waals surface area (Å²) in [6.07, 6.45) is 4.90. The van der Waals surface area contributed by atoms with Gasteiger partial charge in [-0.05, 0) is 48.3 Å². The van der Waals surface area contributed by atoms with Crippen LogP contribution in [0.3, 0.4) is 0 Å². The van der Waals surface area contributed by atoms with E-state index < -0.39 is 0 Å². The van der Waals surface area contributed by atoms with Crippen LogP contribution >= 0.6 is 11.3 Å². The lowest BCUT2D eigenvalue weighted by Crippen LogP contribution is -2.48. The van der Waals surface area contributed by atoms with E-state index in [1.54, 1.807) is 17.6 Å². The van der Waals surface area contributed by atoms with Crippen LogP contribution in [0.2, 0.25) is 0 Å². The minimum Gasteiger partial charge on any atom is -0.495 e. The molecule has 0 radical (unpaired) electrons. The summed E-state index contributed by atoms with van der Waals surface area (Å²) in [5, 5.41) is 2.26. The molecule has 1 aliphatic carbocycles. The molecule has 4 nitrogen and oxygen atoms in total. The van der Waals surface area contributed by atoms with Crippen molar-refractivity contribution in [2.45, 2.75) is 25.7 Å². The summed E-state index contributed by atoms with van der Waals surface area (Å²) >= 11 is 1.94. The van der Waals surface area contributed by atoms with Crippen molar-refractivity contribution in [2.75, 3.05) is 51.3 Å². The second-order valence-corrected chi connectivity index (χ2v) is 9.00. The average Bonchev–Trinajstić information content (AvgIpc) is 3.35. The molecule has 3 aliphatic rings. The first-order valence-corrected chi connectivity index (χ1v) is 11.0. The van der Waals surface area contributed by atoms with Gasteiger partial charge in [-0.25, -0.2) is 0 Å². The SMILES string of the molecule is COc1cc2c(cc1N1CCN(CC3CCc4sccc4C3)CC1)OCC2. The monoisotopic (exact) mass is 384 g/mol. The van der Waals surface area contributed by atoms with Gasteiger partial charge in [-0.1, -0.05) is 0 Å². The minimum absolute atomic E-state index is 0.795. The third-order valence-electron chi connectivity index (χ3n) is 6.35. The van der Waals surface area contributed by atoms with Gasteiger partial charge in [-0.2, -0.15) is 0 Å². The zero-order valence-electron chi connectivity index (χ0n) is 16.1. The number of nitrogens with zero attached hydrogens (tertiary/aromatic N) is 2. The molecule has 0 bridgehead atoms. The number of benzene rings is 1. The molecule has 1 unspecified atom stereocenters. The number of ether oxygens (including phenoxy) is 2. The van der Waals surface area contributed by atoms with E-state index in [9.17, 15) is 0 Å². The van der Waals surface area contributed by atoms with E-state index in [0.29, 0.717) is 0 Å². The van der Waals surface area contributed by atoms with Crippen molar-refractivity contribution >= 4 is 17.0 Å². The Labute approximate surface area is 165 Å². The van der Waals surface area contributed by atoms with Crippen LogP contribution < -0.4 is 14.4 Å². The van der Waals surface area contributed by atoms with Gasteiger partial charge in [0.25, 0.3) is 0 Å². The summed E-state index contributed by atoms with van der Waals surface area (Å²) in [5.41, 5.74) is 4.08. The molecule has 144 valence electrons. The maximum Gasteiger partial charge on any atom is 0.142 e. The van der Waals surface area contributed by atoms with Crippen LogP contribution in [0.1, 0.15) is 22.4 Å². The number of anilines is 1. The summed E-state index contributed by atoms with van der Waals surface area (Å²) < 4.78 is 11.5. The molecule has 5 heteroatoms. The fraction of sp³-hybridized carbons (Fsp3) is 0.545. The normalized spacial score (nSPS) is 22.3. The zero-order chi connectivity index (χ0) is 18.2. The molecule has 0 amide bonds. The first-order chi connectivity index (χ1) is 13.3. The quantitative estimate of drug-likeness (QED) is 0.804. The summed E-state index contributed by atoms with van der Waals surface area (Å²) in [6.45, 7) is 6.43. The van der Waals surface area contributed by atoms with Gasteiger partial charge in [0.05, 0.1) is 19.4 Å². The van der Waals surface area contributed by atoms with Gasteiger partial charge in [-0.3, -0.25) is 4.90 Å². The van der Waals surface area contributed by atoms with Gasteiger partial charge in [0.15, 0.2) is 0 Å². The van der Waals surface area contributed by atoms with E-state index in [4.69, 9.17) is 9.47 Å². The number of methoxy groups -OCH3 is 1. The highest BCUT2D eigenvalue weighted by atomic mass is 32.1. The van der Waals surface area contributed by atoms with Crippen molar-refractivity contribution in [1.29, 1.82) is 0 Å². The predicted molar refractivity (Wildman–Crippen MR) is 111 cm³/mol. The van der Waals surface area contributed by atoms with E-state index in [-0.39, 0.29) is 0 Å². The molecule has 1 aromatic heterocycles. The molecule has 1 fully saturated rings. The maximum atomic E-state index is 5.78. The Morgan fingerprint density at radius 3 is 2.89 bits per heavy atom. The van der Waals surface area contributed by atoms with Crippen LogP contribution in [0.25, 0.3) is 0 Å². The lowest BCUT2D eigenvalue weighted by molar-refractivity contribution is 0.209. The molecule has 27 heavy (non-hydrogen) atoms. The lowest BCUT2D eigenvalue weighted by atomic mass is 9.88. The number of hydrogen-bond donors (Lipinski definition) is 0. The van der Waals surface area contributed by atoms with Crippen LogP contribution in [0.5, 0.6) is 11.5 Å². The van der Waals surface area contributed by atoms with Gasteiger partial charge < -0.3 is 14.4 Å². The van der Waals surface area contributed by atoms with E-state index in [2.05, 4.69) is 33.4 Å². The smallest absolute Gasteiger partial charge is 0.142 e. The predicted octanol–water partition coefficient (Wildman–Crippen LogP) is 3.62. The Balaban J connectivity index is 1.21. The molecule has 2 aromatic rings. The first-order valence-electron chi connectivity index (χ1n) is 10.2. The second-order valence-electron chi connectivity index (χ2n) is 8.00. The van der Waals surface area contributed by atoms with Crippen LogP contribution in [0.15, 0.2) is 23.6 Å².